The summed E-state index contributed by atoms with van der Waals surface area (Å²) in [5.41, 5.74) is 6.73. The number of hydrogen-bond acceptors (Lipinski definition) is 3. The summed E-state index contributed by atoms with van der Waals surface area (Å²) in [6, 6.07) is 2.08. The van der Waals surface area contributed by atoms with Crippen LogP contribution in [0.3, 0.4) is 0 Å². The number of thiophene rings is 1. The van der Waals surface area contributed by atoms with E-state index in [0.29, 0.717) is 25.4 Å². The fourth-order valence-electron chi connectivity index (χ4n) is 1.66. The van der Waals surface area contributed by atoms with Crippen LogP contribution >= 0.6 is 11.3 Å². The van der Waals surface area contributed by atoms with Crippen LogP contribution in [0.1, 0.15) is 36.6 Å². The highest BCUT2D eigenvalue weighted by atomic mass is 32.1. The van der Waals surface area contributed by atoms with E-state index < -0.39 is 0 Å². The molecule has 0 spiro atoms. The van der Waals surface area contributed by atoms with E-state index in [0.717, 1.165) is 12.8 Å². The van der Waals surface area contributed by atoms with E-state index in [9.17, 15) is 4.79 Å². The molecular formula is C13H22N2OS. The second-order valence-electron chi connectivity index (χ2n) is 4.52. The third kappa shape index (κ3) is 5.33. The number of nitrogens with two attached hydrogens (primary N) is 1. The largest absolute Gasteiger partial charge is 0.351 e. The molecule has 1 rings (SSSR count). The number of amides is 1. The fraction of sp³-hybridized carbons (Fsp3) is 0.615. The molecule has 1 heterocycles. The summed E-state index contributed by atoms with van der Waals surface area (Å²) in [5.74, 6) is 0.677. The van der Waals surface area contributed by atoms with Gasteiger partial charge in [0, 0.05) is 11.3 Å². The maximum Gasteiger partial charge on any atom is 0.220 e. The Hall–Kier alpha value is -0.870. The molecule has 1 atom stereocenters. The SMILES string of the molecule is Cc1ccsc1CNC(=O)CCC(C)CCN. The molecule has 1 aromatic heterocycles. The number of carbonyl (C=O) groups is 1. The van der Waals surface area contributed by atoms with Gasteiger partial charge in [0.2, 0.25) is 5.91 Å². The fourth-order valence-corrected chi connectivity index (χ4v) is 2.50. The van der Waals surface area contributed by atoms with Crippen LogP contribution in [0, 0.1) is 12.8 Å². The minimum Gasteiger partial charge on any atom is -0.351 e. The smallest absolute Gasteiger partial charge is 0.220 e. The van der Waals surface area contributed by atoms with Crippen LogP contribution in [0.4, 0.5) is 0 Å². The van der Waals surface area contributed by atoms with Crippen molar-refractivity contribution in [1.29, 1.82) is 0 Å². The van der Waals surface area contributed by atoms with Crippen molar-refractivity contribution < 1.29 is 4.79 Å². The Morgan fingerprint density at radius 3 is 2.88 bits per heavy atom. The normalized spacial score (nSPS) is 12.4. The van der Waals surface area contributed by atoms with Crippen LogP contribution in [0.25, 0.3) is 0 Å². The zero-order valence-electron chi connectivity index (χ0n) is 10.7. The molecule has 1 unspecified atom stereocenters. The summed E-state index contributed by atoms with van der Waals surface area (Å²) in [7, 11) is 0. The molecule has 0 aromatic carbocycles. The molecule has 0 radical (unpaired) electrons. The van der Waals surface area contributed by atoms with Gasteiger partial charge in [-0.15, -0.1) is 11.3 Å². The van der Waals surface area contributed by atoms with Gasteiger partial charge < -0.3 is 11.1 Å². The van der Waals surface area contributed by atoms with Crippen molar-refractivity contribution in [3.8, 4) is 0 Å². The molecule has 3 N–H and O–H groups in total. The Bertz CT molecular complexity index is 349. The van der Waals surface area contributed by atoms with E-state index >= 15 is 0 Å². The van der Waals surface area contributed by atoms with E-state index in [1.54, 1.807) is 11.3 Å². The van der Waals surface area contributed by atoms with Gasteiger partial charge in [0.25, 0.3) is 0 Å². The number of carbonyl (C=O) groups excluding carboxylic acids is 1. The van der Waals surface area contributed by atoms with E-state index in [1.165, 1.54) is 10.4 Å². The highest BCUT2D eigenvalue weighted by Gasteiger charge is 2.07. The quantitative estimate of drug-likeness (QED) is 0.785. The topological polar surface area (TPSA) is 55.1 Å². The van der Waals surface area contributed by atoms with E-state index in [2.05, 4.69) is 30.6 Å². The van der Waals surface area contributed by atoms with Gasteiger partial charge in [0.1, 0.15) is 0 Å². The first-order chi connectivity index (χ1) is 8.13. The average molecular weight is 254 g/mol. The Balaban J connectivity index is 2.20. The van der Waals surface area contributed by atoms with Crippen LogP contribution in [-0.2, 0) is 11.3 Å². The maximum atomic E-state index is 11.6. The average Bonchev–Trinajstić information content (AvgIpc) is 2.70. The van der Waals surface area contributed by atoms with Gasteiger partial charge in [-0.1, -0.05) is 6.92 Å². The second kappa shape index (κ2) is 7.45. The molecule has 0 aliphatic rings. The van der Waals surface area contributed by atoms with Crippen molar-refractivity contribution in [2.45, 2.75) is 39.7 Å². The zero-order valence-corrected chi connectivity index (χ0v) is 11.5. The molecule has 0 saturated heterocycles. The molecule has 1 aromatic rings. The highest BCUT2D eigenvalue weighted by Crippen LogP contribution is 2.15. The lowest BCUT2D eigenvalue weighted by Crippen LogP contribution is -2.23. The molecule has 0 aliphatic heterocycles. The lowest BCUT2D eigenvalue weighted by Gasteiger charge is -2.09. The first kappa shape index (κ1) is 14.2. The zero-order chi connectivity index (χ0) is 12.7. The minimum absolute atomic E-state index is 0.140. The van der Waals surface area contributed by atoms with E-state index in [4.69, 9.17) is 5.73 Å². The summed E-state index contributed by atoms with van der Waals surface area (Å²) in [5, 5.41) is 5.02. The summed E-state index contributed by atoms with van der Waals surface area (Å²) in [6.45, 7) is 5.58. The Morgan fingerprint density at radius 2 is 2.29 bits per heavy atom. The molecule has 0 fully saturated rings. The van der Waals surface area contributed by atoms with Gasteiger partial charge in [-0.05, 0) is 49.2 Å². The molecule has 17 heavy (non-hydrogen) atoms. The summed E-state index contributed by atoms with van der Waals surface area (Å²) >= 11 is 1.69. The monoisotopic (exact) mass is 254 g/mol. The predicted octanol–water partition coefficient (Wildman–Crippen LogP) is 2.44. The van der Waals surface area contributed by atoms with Crippen LogP contribution in [0.2, 0.25) is 0 Å². The molecule has 96 valence electrons. The summed E-state index contributed by atoms with van der Waals surface area (Å²) in [4.78, 5) is 12.9. The Morgan fingerprint density at radius 1 is 1.53 bits per heavy atom. The minimum atomic E-state index is 0.140. The van der Waals surface area contributed by atoms with Crippen molar-refractivity contribution in [3.63, 3.8) is 0 Å². The van der Waals surface area contributed by atoms with Gasteiger partial charge in [0.15, 0.2) is 0 Å². The molecular weight excluding hydrogens is 232 g/mol. The Kier molecular flexibility index (Phi) is 6.22. The molecule has 0 saturated carbocycles. The summed E-state index contributed by atoms with van der Waals surface area (Å²) < 4.78 is 0. The van der Waals surface area contributed by atoms with Crippen molar-refractivity contribution in [2.24, 2.45) is 11.7 Å². The van der Waals surface area contributed by atoms with Gasteiger partial charge in [0.05, 0.1) is 6.54 Å². The van der Waals surface area contributed by atoms with Crippen LogP contribution < -0.4 is 11.1 Å². The van der Waals surface area contributed by atoms with Crippen molar-refractivity contribution in [1.82, 2.24) is 5.32 Å². The van der Waals surface area contributed by atoms with Gasteiger partial charge >= 0.3 is 0 Å². The van der Waals surface area contributed by atoms with Crippen molar-refractivity contribution in [2.75, 3.05) is 6.54 Å². The second-order valence-corrected chi connectivity index (χ2v) is 5.53. The van der Waals surface area contributed by atoms with E-state index in [1.807, 2.05) is 0 Å². The van der Waals surface area contributed by atoms with Crippen LogP contribution in [0.15, 0.2) is 11.4 Å². The number of rotatable bonds is 7. The third-order valence-corrected chi connectivity index (χ3v) is 3.96. The number of aryl methyl sites for hydroxylation is 1. The number of nitrogens with one attached hydrogen (secondary N) is 1. The van der Waals surface area contributed by atoms with Crippen molar-refractivity contribution >= 4 is 17.2 Å². The first-order valence-corrected chi connectivity index (χ1v) is 7.01. The number of hydrogen-bond donors (Lipinski definition) is 2. The van der Waals surface area contributed by atoms with Crippen LogP contribution in [0.5, 0.6) is 0 Å². The van der Waals surface area contributed by atoms with Crippen LogP contribution in [-0.4, -0.2) is 12.5 Å². The first-order valence-electron chi connectivity index (χ1n) is 6.13. The van der Waals surface area contributed by atoms with Gasteiger partial charge in [-0.25, -0.2) is 0 Å². The molecule has 4 heteroatoms. The molecule has 0 bridgehead atoms. The molecule has 3 nitrogen and oxygen atoms in total. The van der Waals surface area contributed by atoms with Gasteiger partial charge in [-0.2, -0.15) is 0 Å². The standard InChI is InChI=1S/C13H22N2OS/c1-10(5-7-14)3-4-13(16)15-9-12-11(2)6-8-17-12/h6,8,10H,3-5,7,9,14H2,1-2H3,(H,15,16). The lowest BCUT2D eigenvalue weighted by molar-refractivity contribution is -0.121. The van der Waals surface area contributed by atoms with Crippen molar-refractivity contribution in [3.05, 3.63) is 21.9 Å². The third-order valence-electron chi connectivity index (χ3n) is 2.94. The Labute approximate surface area is 107 Å². The van der Waals surface area contributed by atoms with E-state index in [-0.39, 0.29) is 5.91 Å². The van der Waals surface area contributed by atoms with Gasteiger partial charge in [-0.3, -0.25) is 4.79 Å². The molecule has 1 amide bonds. The maximum absolute atomic E-state index is 11.6. The lowest BCUT2D eigenvalue weighted by atomic mass is 10.0. The molecule has 0 aliphatic carbocycles. The highest BCUT2D eigenvalue weighted by molar-refractivity contribution is 7.10. The summed E-state index contributed by atoms with van der Waals surface area (Å²) in [6.07, 6.45) is 2.52. The predicted molar refractivity (Wildman–Crippen MR) is 73.0 cm³/mol.